The van der Waals surface area contributed by atoms with Crippen LogP contribution in [-0.4, -0.2) is 81.6 Å². The van der Waals surface area contributed by atoms with Gasteiger partial charge in [-0.25, -0.2) is 0 Å². The summed E-state index contributed by atoms with van der Waals surface area (Å²) in [5, 5.41) is 0.824. The van der Waals surface area contributed by atoms with Crippen molar-refractivity contribution in [3.05, 3.63) is 34.9 Å². The lowest BCUT2D eigenvalue weighted by molar-refractivity contribution is -0.185. The number of benzene rings is 1. The SMILES string of the molecule is C[C@]12CCC(OCCOCCN3CCCC3)CC1CC[C@@H]1[C@H]2CC[C@@]2(C)[C@H]1CCC2(OCCN1CCCC1)c1ccc(Cl)cc1. The fourth-order valence-electron chi connectivity index (χ4n) is 11.8. The van der Waals surface area contributed by atoms with E-state index in [-0.39, 0.29) is 11.0 Å². The quantitative estimate of drug-likeness (QED) is 0.215. The minimum atomic E-state index is -0.202. The van der Waals surface area contributed by atoms with Crippen molar-refractivity contribution in [2.24, 2.45) is 34.5 Å². The molecule has 45 heavy (non-hydrogen) atoms. The zero-order chi connectivity index (χ0) is 30.9. The van der Waals surface area contributed by atoms with E-state index in [1.54, 1.807) is 0 Å². The molecule has 0 amide bonds. The molecule has 6 aliphatic rings. The zero-order valence-corrected chi connectivity index (χ0v) is 29.2. The Morgan fingerprint density at radius 1 is 0.733 bits per heavy atom. The second-order valence-corrected chi connectivity index (χ2v) is 16.7. The van der Waals surface area contributed by atoms with Crippen LogP contribution in [0, 0.1) is 34.5 Å². The average Bonchev–Trinajstić information content (AvgIpc) is 3.81. The first-order valence-corrected chi connectivity index (χ1v) is 19.3. The predicted molar refractivity (Wildman–Crippen MR) is 183 cm³/mol. The van der Waals surface area contributed by atoms with Crippen molar-refractivity contribution in [3.8, 4) is 0 Å². The largest absolute Gasteiger partial charge is 0.378 e. The van der Waals surface area contributed by atoms with Crippen molar-refractivity contribution in [1.82, 2.24) is 9.80 Å². The van der Waals surface area contributed by atoms with E-state index in [2.05, 4.69) is 47.9 Å². The van der Waals surface area contributed by atoms with Crippen LogP contribution in [0.2, 0.25) is 5.02 Å². The molecule has 1 aromatic rings. The van der Waals surface area contributed by atoms with E-state index in [0.717, 1.165) is 74.6 Å². The Kier molecular flexibility index (Phi) is 10.2. The summed E-state index contributed by atoms with van der Waals surface area (Å²) in [5.74, 6) is 3.21. The monoisotopic (exact) mass is 640 g/mol. The van der Waals surface area contributed by atoms with E-state index < -0.39 is 0 Å². The highest BCUT2D eigenvalue weighted by Gasteiger charge is 2.66. The van der Waals surface area contributed by atoms with Crippen molar-refractivity contribution in [2.75, 3.05) is 65.7 Å². The normalized spacial score (nSPS) is 40.4. The molecule has 0 bridgehead atoms. The summed E-state index contributed by atoms with van der Waals surface area (Å²) in [6.45, 7) is 15.6. The Morgan fingerprint density at radius 3 is 2.16 bits per heavy atom. The standard InChI is InChI=1S/C39H61ClN2O3/c1-37-16-13-33(44-28-27-43-25-23-41-19-3-4-20-41)29-31(37)9-12-34-35(37)14-17-38(2)36(34)15-18-39(38,30-7-10-32(40)11-8-30)45-26-24-42-21-5-6-22-42/h7-8,10-11,31,33-36H,3-6,9,12-29H2,1-2H3/t31?,33?,34-,35-,36+,37+,38+,39?/m1/s1. The van der Waals surface area contributed by atoms with Gasteiger partial charge in [-0.2, -0.15) is 0 Å². The van der Waals surface area contributed by atoms with Crippen LogP contribution in [0.1, 0.15) is 103 Å². The Balaban J connectivity index is 0.979. The van der Waals surface area contributed by atoms with Gasteiger partial charge < -0.3 is 24.0 Å². The fraction of sp³-hybridized carbons (Fsp3) is 0.846. The molecular formula is C39H61ClN2O3. The van der Waals surface area contributed by atoms with Crippen molar-refractivity contribution < 1.29 is 14.2 Å². The summed E-state index contributed by atoms with van der Waals surface area (Å²) in [6, 6.07) is 8.77. The molecular weight excluding hydrogens is 580 g/mol. The molecule has 4 aliphatic carbocycles. The highest BCUT2D eigenvalue weighted by atomic mass is 35.5. The van der Waals surface area contributed by atoms with E-state index >= 15 is 0 Å². The van der Waals surface area contributed by atoms with Gasteiger partial charge in [0.25, 0.3) is 0 Å². The second-order valence-electron chi connectivity index (χ2n) is 16.3. The number of hydrogen-bond acceptors (Lipinski definition) is 5. The van der Waals surface area contributed by atoms with Crippen molar-refractivity contribution in [2.45, 2.75) is 109 Å². The minimum absolute atomic E-state index is 0.172. The lowest BCUT2D eigenvalue weighted by atomic mass is 9.44. The van der Waals surface area contributed by atoms with Gasteiger partial charge in [0.2, 0.25) is 0 Å². The molecule has 7 rings (SSSR count). The Labute approximate surface area is 279 Å². The fourth-order valence-corrected chi connectivity index (χ4v) is 11.9. The van der Waals surface area contributed by atoms with E-state index in [1.807, 2.05) is 0 Å². The summed E-state index contributed by atoms with van der Waals surface area (Å²) in [7, 11) is 0. The molecule has 252 valence electrons. The molecule has 8 atom stereocenters. The number of fused-ring (bicyclic) bond motifs is 5. The van der Waals surface area contributed by atoms with Crippen molar-refractivity contribution >= 4 is 11.6 Å². The topological polar surface area (TPSA) is 34.2 Å². The Morgan fingerprint density at radius 2 is 1.42 bits per heavy atom. The Hall–Kier alpha value is -0.690. The van der Waals surface area contributed by atoms with Crippen molar-refractivity contribution in [3.63, 3.8) is 0 Å². The summed E-state index contributed by atoms with van der Waals surface area (Å²) in [5.41, 5.74) is 1.80. The van der Waals surface area contributed by atoms with Gasteiger partial charge in [0.05, 0.1) is 38.1 Å². The van der Waals surface area contributed by atoms with Gasteiger partial charge in [0, 0.05) is 23.5 Å². The molecule has 2 aliphatic heterocycles. The van der Waals surface area contributed by atoms with Crippen LogP contribution in [0.25, 0.3) is 0 Å². The maximum Gasteiger partial charge on any atom is 0.0988 e. The first-order valence-electron chi connectivity index (χ1n) is 19.0. The number of nitrogens with zero attached hydrogens (tertiary/aromatic N) is 2. The van der Waals surface area contributed by atoms with Gasteiger partial charge in [0.1, 0.15) is 0 Å². The molecule has 3 unspecified atom stereocenters. The zero-order valence-electron chi connectivity index (χ0n) is 28.5. The number of likely N-dealkylation sites (tertiary alicyclic amines) is 2. The van der Waals surface area contributed by atoms with Crippen LogP contribution in [0.5, 0.6) is 0 Å². The third-order valence-electron chi connectivity index (χ3n) is 14.3. The number of halogens is 1. The first kappa shape index (κ1) is 32.8. The smallest absolute Gasteiger partial charge is 0.0988 e. The van der Waals surface area contributed by atoms with E-state index in [1.165, 1.54) is 109 Å². The van der Waals surface area contributed by atoms with E-state index in [0.29, 0.717) is 11.5 Å². The van der Waals surface area contributed by atoms with Crippen LogP contribution >= 0.6 is 11.6 Å². The molecule has 0 aromatic heterocycles. The summed E-state index contributed by atoms with van der Waals surface area (Å²) in [4.78, 5) is 5.13. The van der Waals surface area contributed by atoms with Crippen molar-refractivity contribution in [1.29, 1.82) is 0 Å². The molecule has 0 radical (unpaired) electrons. The lowest BCUT2D eigenvalue weighted by Crippen LogP contribution is -2.56. The molecule has 4 saturated carbocycles. The van der Waals surface area contributed by atoms with Gasteiger partial charge >= 0.3 is 0 Å². The van der Waals surface area contributed by atoms with Gasteiger partial charge in [-0.1, -0.05) is 37.6 Å². The van der Waals surface area contributed by atoms with Crippen LogP contribution in [0.3, 0.4) is 0 Å². The van der Waals surface area contributed by atoms with Gasteiger partial charge in [0.15, 0.2) is 0 Å². The number of hydrogen-bond donors (Lipinski definition) is 0. The van der Waals surface area contributed by atoms with Crippen LogP contribution in [0.15, 0.2) is 24.3 Å². The molecule has 5 nitrogen and oxygen atoms in total. The highest BCUT2D eigenvalue weighted by molar-refractivity contribution is 6.30. The minimum Gasteiger partial charge on any atom is -0.378 e. The maximum absolute atomic E-state index is 7.25. The molecule has 0 N–H and O–H groups in total. The molecule has 1 aromatic carbocycles. The summed E-state index contributed by atoms with van der Waals surface area (Å²) in [6.07, 6.45) is 17.5. The average molecular weight is 641 g/mol. The lowest BCUT2D eigenvalue weighted by Gasteiger charge is -2.62. The molecule has 6 fully saturated rings. The van der Waals surface area contributed by atoms with Gasteiger partial charge in [-0.3, -0.25) is 0 Å². The van der Waals surface area contributed by atoms with Crippen LogP contribution in [-0.2, 0) is 19.8 Å². The number of ether oxygens (including phenoxy) is 3. The van der Waals surface area contributed by atoms with Crippen LogP contribution < -0.4 is 0 Å². The summed E-state index contributed by atoms with van der Waals surface area (Å²) >= 11 is 6.41. The number of rotatable bonds is 12. The molecule has 2 saturated heterocycles. The highest BCUT2D eigenvalue weighted by Crippen LogP contribution is 2.71. The third-order valence-corrected chi connectivity index (χ3v) is 14.6. The summed E-state index contributed by atoms with van der Waals surface area (Å²) < 4.78 is 19.7. The van der Waals surface area contributed by atoms with Gasteiger partial charge in [-0.15, -0.1) is 0 Å². The molecule has 0 spiro atoms. The second kappa shape index (κ2) is 14.0. The van der Waals surface area contributed by atoms with E-state index in [4.69, 9.17) is 25.8 Å². The predicted octanol–water partition coefficient (Wildman–Crippen LogP) is 8.19. The Bertz CT molecular complexity index is 1110. The molecule has 6 heteroatoms. The maximum atomic E-state index is 7.25. The third kappa shape index (κ3) is 6.42. The van der Waals surface area contributed by atoms with Gasteiger partial charge in [-0.05, 0) is 156 Å². The van der Waals surface area contributed by atoms with E-state index in [9.17, 15) is 0 Å². The van der Waals surface area contributed by atoms with Crippen LogP contribution in [0.4, 0.5) is 0 Å². The first-order chi connectivity index (χ1) is 21.9. The molecule has 2 heterocycles.